The second kappa shape index (κ2) is 9.92. The van der Waals surface area contributed by atoms with Crippen molar-refractivity contribution >= 4 is 17.5 Å². The van der Waals surface area contributed by atoms with E-state index in [1.807, 2.05) is 13.8 Å². The molecule has 0 spiro atoms. The molecule has 160 valence electrons. The molecule has 1 heterocycles. The Balaban J connectivity index is 2.44. The number of amides is 1. The number of hydrogen-bond donors (Lipinski definition) is 1. The van der Waals surface area contributed by atoms with Gasteiger partial charge in [-0.2, -0.15) is 18.4 Å². The summed E-state index contributed by atoms with van der Waals surface area (Å²) in [4.78, 5) is 17.2. The maximum atomic E-state index is 14.0. The van der Waals surface area contributed by atoms with Crippen LogP contribution in [-0.2, 0) is 4.79 Å². The summed E-state index contributed by atoms with van der Waals surface area (Å²) in [5.74, 6) is -0.896. The molecule has 2 atom stereocenters. The number of carbonyl (C=O) groups is 1. The highest BCUT2D eigenvalue weighted by Crippen LogP contribution is 2.39. The first-order valence-corrected chi connectivity index (χ1v) is 9.63. The van der Waals surface area contributed by atoms with Crippen molar-refractivity contribution in [1.82, 2.24) is 9.88 Å². The van der Waals surface area contributed by atoms with Crippen LogP contribution in [0.15, 0.2) is 42.7 Å². The summed E-state index contributed by atoms with van der Waals surface area (Å²) in [5, 5.41) is 9.47. The van der Waals surface area contributed by atoms with Crippen molar-refractivity contribution < 1.29 is 18.0 Å². The molecule has 1 amide bonds. The highest BCUT2D eigenvalue weighted by Gasteiger charge is 2.47. The number of benzene rings is 1. The fourth-order valence-electron chi connectivity index (χ4n) is 3.17. The monoisotopic (exact) mass is 438 g/mol. The zero-order valence-corrected chi connectivity index (χ0v) is 17.3. The zero-order valence-electron chi connectivity index (χ0n) is 16.5. The largest absolute Gasteiger partial charge is 0.413 e. The average Bonchev–Trinajstić information content (AvgIpc) is 2.66. The maximum absolute atomic E-state index is 14.0. The van der Waals surface area contributed by atoms with Crippen molar-refractivity contribution in [3.8, 4) is 17.2 Å². The van der Waals surface area contributed by atoms with Crippen molar-refractivity contribution in [1.29, 1.82) is 5.26 Å². The van der Waals surface area contributed by atoms with Gasteiger partial charge >= 0.3 is 6.18 Å². The van der Waals surface area contributed by atoms with E-state index in [4.69, 9.17) is 22.6 Å². The van der Waals surface area contributed by atoms with Crippen LogP contribution >= 0.6 is 11.6 Å². The molecule has 0 radical (unpaired) electrons. The number of hydrogen-bond acceptors (Lipinski definition) is 4. The van der Waals surface area contributed by atoms with Crippen molar-refractivity contribution in [3.63, 3.8) is 0 Å². The summed E-state index contributed by atoms with van der Waals surface area (Å²) < 4.78 is 41.9. The van der Waals surface area contributed by atoms with E-state index in [1.54, 1.807) is 12.1 Å². The van der Waals surface area contributed by atoms with Gasteiger partial charge in [-0.15, -0.1) is 0 Å². The third-order valence-corrected chi connectivity index (χ3v) is 4.82. The standard InChI is InChI=1S/C21H22ClF3N4O/c1-13(2)11-18(27)20(30)29(10-8-26)19(21(23,24)25)15-5-3-14(4-6-15)16-12-28-9-7-17(16)22/h3-7,9,12-13,18-19H,10-11,27H2,1-2H3/t18-,19-/m0/s1. The lowest BCUT2D eigenvalue weighted by atomic mass is 9.98. The molecule has 0 unspecified atom stereocenters. The van der Waals surface area contributed by atoms with E-state index in [0.717, 1.165) is 0 Å². The fourth-order valence-corrected chi connectivity index (χ4v) is 3.39. The number of nitrogens with two attached hydrogens (primary N) is 1. The SMILES string of the molecule is CC(C)C[C@H](N)C(=O)N(CC#N)[C@@H](c1ccc(-c2cnccc2Cl)cc1)C(F)(F)F. The first-order valence-electron chi connectivity index (χ1n) is 9.25. The minimum absolute atomic E-state index is 0.0146. The summed E-state index contributed by atoms with van der Waals surface area (Å²) in [5.41, 5.74) is 6.81. The molecule has 0 aliphatic rings. The Morgan fingerprint density at radius 2 is 1.90 bits per heavy atom. The Morgan fingerprint density at radius 1 is 1.27 bits per heavy atom. The van der Waals surface area contributed by atoms with Crippen LogP contribution in [0.3, 0.4) is 0 Å². The lowest BCUT2D eigenvalue weighted by Crippen LogP contribution is -2.49. The number of nitrogens with zero attached hydrogens (tertiary/aromatic N) is 3. The van der Waals surface area contributed by atoms with Gasteiger partial charge in [0.15, 0.2) is 6.04 Å². The van der Waals surface area contributed by atoms with Gasteiger partial charge in [0.1, 0.15) is 6.54 Å². The van der Waals surface area contributed by atoms with E-state index in [2.05, 4.69) is 4.98 Å². The molecule has 2 rings (SSSR count). The van der Waals surface area contributed by atoms with Gasteiger partial charge in [0, 0.05) is 18.0 Å². The number of carbonyl (C=O) groups excluding carboxylic acids is 1. The maximum Gasteiger partial charge on any atom is 0.413 e. The molecule has 5 nitrogen and oxygen atoms in total. The van der Waals surface area contributed by atoms with Crippen LogP contribution in [0.2, 0.25) is 5.02 Å². The van der Waals surface area contributed by atoms with Gasteiger partial charge in [0.25, 0.3) is 0 Å². The molecule has 0 fully saturated rings. The van der Waals surface area contributed by atoms with E-state index >= 15 is 0 Å². The van der Waals surface area contributed by atoms with Crippen LogP contribution < -0.4 is 5.73 Å². The van der Waals surface area contributed by atoms with E-state index in [0.29, 0.717) is 21.0 Å². The Hall–Kier alpha value is -2.63. The third kappa shape index (κ3) is 5.71. The highest BCUT2D eigenvalue weighted by molar-refractivity contribution is 6.33. The smallest absolute Gasteiger partial charge is 0.320 e. The third-order valence-electron chi connectivity index (χ3n) is 4.49. The number of pyridine rings is 1. The van der Waals surface area contributed by atoms with Crippen LogP contribution in [0.25, 0.3) is 11.1 Å². The molecule has 0 aliphatic carbocycles. The fraction of sp³-hybridized carbons (Fsp3) is 0.381. The molecular weight excluding hydrogens is 417 g/mol. The second-order valence-corrected chi connectivity index (χ2v) is 7.69. The number of halogens is 4. The van der Waals surface area contributed by atoms with E-state index in [9.17, 15) is 18.0 Å². The van der Waals surface area contributed by atoms with Crippen LogP contribution in [0.5, 0.6) is 0 Å². The molecule has 2 aromatic rings. The van der Waals surface area contributed by atoms with Gasteiger partial charge in [-0.1, -0.05) is 49.7 Å². The van der Waals surface area contributed by atoms with E-state index in [1.165, 1.54) is 36.7 Å². The summed E-state index contributed by atoms with van der Waals surface area (Å²) in [6, 6.07) is 5.28. The van der Waals surface area contributed by atoms with Crippen LogP contribution in [0.4, 0.5) is 13.2 Å². The summed E-state index contributed by atoms with van der Waals surface area (Å²) in [7, 11) is 0. The molecule has 0 aliphatic heterocycles. The van der Waals surface area contributed by atoms with Gasteiger partial charge in [-0.3, -0.25) is 9.78 Å². The van der Waals surface area contributed by atoms with Gasteiger partial charge < -0.3 is 10.6 Å². The lowest BCUT2D eigenvalue weighted by Gasteiger charge is -2.33. The first-order chi connectivity index (χ1) is 14.1. The minimum Gasteiger partial charge on any atom is -0.320 e. The van der Waals surface area contributed by atoms with Crippen molar-refractivity contribution in [2.24, 2.45) is 11.7 Å². The predicted molar refractivity (Wildman–Crippen MR) is 108 cm³/mol. The van der Waals surface area contributed by atoms with Crippen molar-refractivity contribution in [3.05, 3.63) is 53.3 Å². The van der Waals surface area contributed by atoms with E-state index in [-0.39, 0.29) is 17.9 Å². The predicted octanol–water partition coefficient (Wildman–Crippen LogP) is 4.73. The van der Waals surface area contributed by atoms with Gasteiger partial charge in [0.05, 0.1) is 17.1 Å². The molecule has 0 saturated heterocycles. The van der Waals surface area contributed by atoms with Crippen molar-refractivity contribution in [2.75, 3.05) is 6.54 Å². The van der Waals surface area contributed by atoms with Crippen LogP contribution in [0, 0.1) is 17.2 Å². The summed E-state index contributed by atoms with van der Waals surface area (Å²) >= 11 is 6.12. The molecule has 9 heteroatoms. The second-order valence-electron chi connectivity index (χ2n) is 7.28. The molecule has 1 aromatic carbocycles. The van der Waals surface area contributed by atoms with Gasteiger partial charge in [0.2, 0.25) is 5.91 Å². The quantitative estimate of drug-likeness (QED) is 0.633. The molecule has 2 N–H and O–H groups in total. The number of aromatic nitrogens is 1. The molecule has 0 bridgehead atoms. The van der Waals surface area contributed by atoms with Gasteiger partial charge in [-0.25, -0.2) is 0 Å². The number of nitriles is 1. The summed E-state index contributed by atoms with van der Waals surface area (Å²) in [6.45, 7) is 2.89. The normalized spacial score (nSPS) is 13.6. The number of rotatable bonds is 7. The Kier molecular flexibility index (Phi) is 7.82. The number of alkyl halides is 3. The molecular formula is C21H22ClF3N4O. The Labute approximate surface area is 178 Å². The lowest BCUT2D eigenvalue weighted by molar-refractivity contribution is -0.191. The summed E-state index contributed by atoms with van der Waals surface area (Å²) in [6.07, 6.45) is -1.57. The topological polar surface area (TPSA) is 83.0 Å². The average molecular weight is 439 g/mol. The van der Waals surface area contributed by atoms with Crippen molar-refractivity contribution in [2.45, 2.75) is 38.5 Å². The molecule has 30 heavy (non-hydrogen) atoms. The molecule has 0 saturated carbocycles. The highest BCUT2D eigenvalue weighted by atomic mass is 35.5. The first kappa shape index (κ1) is 23.6. The Morgan fingerprint density at radius 3 is 2.40 bits per heavy atom. The molecule has 1 aromatic heterocycles. The van der Waals surface area contributed by atoms with Crippen LogP contribution in [-0.4, -0.2) is 34.6 Å². The Bertz CT molecular complexity index is 910. The van der Waals surface area contributed by atoms with E-state index < -0.39 is 30.7 Å². The van der Waals surface area contributed by atoms with Crippen LogP contribution in [0.1, 0.15) is 31.9 Å². The van der Waals surface area contributed by atoms with Gasteiger partial charge in [-0.05, 0) is 29.5 Å². The minimum atomic E-state index is -4.79. The zero-order chi connectivity index (χ0) is 22.5.